The Hall–Kier alpha value is -2.01. The van der Waals surface area contributed by atoms with E-state index >= 15 is 0 Å². The van der Waals surface area contributed by atoms with Crippen LogP contribution in [0.4, 0.5) is 4.39 Å². The van der Waals surface area contributed by atoms with Gasteiger partial charge in [0.15, 0.2) is 5.82 Å². The number of ether oxygens (including phenoxy) is 2. The summed E-state index contributed by atoms with van der Waals surface area (Å²) in [5.74, 6) is 1.02. The predicted octanol–water partition coefficient (Wildman–Crippen LogP) is 2.54. The van der Waals surface area contributed by atoms with Gasteiger partial charge in [0.2, 0.25) is 0 Å². The molecule has 0 N–H and O–H groups in total. The molecule has 0 saturated heterocycles. The number of rotatable bonds is 6. The van der Waals surface area contributed by atoms with Gasteiger partial charge in [-0.15, -0.1) is 0 Å². The molecule has 4 nitrogen and oxygen atoms in total. The normalized spacial score (nSPS) is 10.6. The molecule has 0 radical (unpaired) electrons. The lowest BCUT2D eigenvalue weighted by atomic mass is 10.1. The van der Waals surface area contributed by atoms with Gasteiger partial charge < -0.3 is 9.47 Å². The first-order chi connectivity index (χ1) is 9.69. The first kappa shape index (κ1) is 14.4. The molecule has 20 heavy (non-hydrogen) atoms. The van der Waals surface area contributed by atoms with Crippen LogP contribution in [0, 0.1) is 12.7 Å². The number of hydrogen-bond acceptors (Lipinski definition) is 4. The second-order valence-electron chi connectivity index (χ2n) is 4.38. The zero-order valence-corrected chi connectivity index (χ0v) is 11.6. The van der Waals surface area contributed by atoms with Crippen molar-refractivity contribution in [2.45, 2.75) is 13.3 Å². The van der Waals surface area contributed by atoms with Crippen LogP contribution in [0.1, 0.15) is 17.1 Å². The predicted molar refractivity (Wildman–Crippen MR) is 73.3 cm³/mol. The first-order valence-corrected chi connectivity index (χ1v) is 6.37. The SMILES string of the molecule is COCCOc1ccc(Cc2ncc(F)c(C)n2)cc1. The van der Waals surface area contributed by atoms with Gasteiger partial charge >= 0.3 is 0 Å². The quantitative estimate of drug-likeness (QED) is 0.761. The summed E-state index contributed by atoms with van der Waals surface area (Å²) in [6.07, 6.45) is 1.78. The molecule has 0 unspecified atom stereocenters. The average Bonchev–Trinajstić information content (AvgIpc) is 2.45. The van der Waals surface area contributed by atoms with E-state index in [1.165, 1.54) is 6.20 Å². The summed E-state index contributed by atoms with van der Waals surface area (Å²) in [4.78, 5) is 8.10. The summed E-state index contributed by atoms with van der Waals surface area (Å²) in [7, 11) is 1.64. The molecule has 0 aliphatic carbocycles. The maximum atomic E-state index is 13.1. The monoisotopic (exact) mass is 276 g/mol. The molecule has 106 valence electrons. The fourth-order valence-corrected chi connectivity index (χ4v) is 1.71. The van der Waals surface area contributed by atoms with E-state index in [2.05, 4.69) is 9.97 Å². The number of methoxy groups -OCH3 is 1. The van der Waals surface area contributed by atoms with E-state index in [9.17, 15) is 4.39 Å². The molecule has 2 rings (SSSR count). The van der Waals surface area contributed by atoms with Crippen molar-refractivity contribution in [1.82, 2.24) is 9.97 Å². The molecule has 1 heterocycles. The van der Waals surface area contributed by atoms with Crippen LogP contribution in [-0.2, 0) is 11.2 Å². The lowest BCUT2D eigenvalue weighted by molar-refractivity contribution is 0.146. The van der Waals surface area contributed by atoms with Crippen LogP contribution in [0.25, 0.3) is 0 Å². The summed E-state index contributed by atoms with van der Waals surface area (Å²) in [6.45, 7) is 2.72. The van der Waals surface area contributed by atoms with Gasteiger partial charge in [0.05, 0.1) is 18.5 Å². The highest BCUT2D eigenvalue weighted by atomic mass is 19.1. The van der Waals surface area contributed by atoms with E-state index in [0.29, 0.717) is 31.2 Å². The number of hydrogen-bond donors (Lipinski definition) is 0. The van der Waals surface area contributed by atoms with Crippen molar-refractivity contribution in [1.29, 1.82) is 0 Å². The summed E-state index contributed by atoms with van der Waals surface area (Å²) in [5.41, 5.74) is 1.42. The van der Waals surface area contributed by atoms with Crippen molar-refractivity contribution in [3.63, 3.8) is 0 Å². The van der Waals surface area contributed by atoms with Crippen LogP contribution in [0.3, 0.4) is 0 Å². The van der Waals surface area contributed by atoms with Crippen molar-refractivity contribution in [2.75, 3.05) is 20.3 Å². The fraction of sp³-hybridized carbons (Fsp3) is 0.333. The number of aromatic nitrogens is 2. The third kappa shape index (κ3) is 3.99. The standard InChI is InChI=1S/C15H17FN2O2/c1-11-14(16)10-17-15(18-11)9-12-3-5-13(6-4-12)20-8-7-19-2/h3-6,10H,7-9H2,1-2H3. The second kappa shape index (κ2) is 6.96. The molecular weight excluding hydrogens is 259 g/mol. The molecule has 0 spiro atoms. The summed E-state index contributed by atoms with van der Waals surface area (Å²) in [6, 6.07) is 7.68. The third-order valence-electron chi connectivity index (χ3n) is 2.81. The fourth-order valence-electron chi connectivity index (χ4n) is 1.71. The van der Waals surface area contributed by atoms with Crippen LogP contribution in [-0.4, -0.2) is 30.3 Å². The number of aryl methyl sites for hydroxylation is 1. The lowest BCUT2D eigenvalue weighted by Gasteiger charge is -2.06. The van der Waals surface area contributed by atoms with E-state index in [-0.39, 0.29) is 5.82 Å². The van der Waals surface area contributed by atoms with Gasteiger partial charge in [0.25, 0.3) is 0 Å². The van der Waals surface area contributed by atoms with E-state index in [4.69, 9.17) is 9.47 Å². The smallest absolute Gasteiger partial charge is 0.162 e. The van der Waals surface area contributed by atoms with Crippen LogP contribution < -0.4 is 4.74 Å². The van der Waals surface area contributed by atoms with Crippen molar-refractivity contribution < 1.29 is 13.9 Å². The van der Waals surface area contributed by atoms with Gasteiger partial charge in [0.1, 0.15) is 18.2 Å². The highest BCUT2D eigenvalue weighted by Crippen LogP contribution is 2.14. The maximum Gasteiger partial charge on any atom is 0.162 e. The molecule has 0 aliphatic heterocycles. The van der Waals surface area contributed by atoms with E-state index < -0.39 is 0 Å². The molecule has 1 aromatic carbocycles. The molecule has 5 heteroatoms. The Bertz CT molecular complexity index is 558. The van der Waals surface area contributed by atoms with Crippen LogP contribution in [0.15, 0.2) is 30.5 Å². The Kier molecular flexibility index (Phi) is 5.01. The Morgan fingerprint density at radius 3 is 2.55 bits per heavy atom. The molecular formula is C15H17FN2O2. The Labute approximate surface area is 117 Å². The molecule has 0 saturated carbocycles. The first-order valence-electron chi connectivity index (χ1n) is 6.37. The molecule has 0 amide bonds. The Balaban J connectivity index is 1.97. The third-order valence-corrected chi connectivity index (χ3v) is 2.81. The highest BCUT2D eigenvalue weighted by Gasteiger charge is 2.04. The zero-order chi connectivity index (χ0) is 14.4. The Morgan fingerprint density at radius 2 is 1.90 bits per heavy atom. The number of halogens is 1. The summed E-state index contributed by atoms with van der Waals surface area (Å²) >= 11 is 0. The minimum atomic E-state index is -0.379. The van der Waals surface area contributed by atoms with E-state index in [1.807, 2.05) is 24.3 Å². The Morgan fingerprint density at radius 1 is 1.15 bits per heavy atom. The molecule has 1 aromatic heterocycles. The van der Waals surface area contributed by atoms with Crippen molar-refractivity contribution in [3.05, 3.63) is 53.4 Å². The van der Waals surface area contributed by atoms with Crippen molar-refractivity contribution >= 4 is 0 Å². The minimum Gasteiger partial charge on any atom is -0.491 e. The highest BCUT2D eigenvalue weighted by molar-refractivity contribution is 5.29. The van der Waals surface area contributed by atoms with Crippen LogP contribution >= 0.6 is 0 Å². The van der Waals surface area contributed by atoms with E-state index in [1.54, 1.807) is 14.0 Å². The maximum absolute atomic E-state index is 13.1. The van der Waals surface area contributed by atoms with Crippen molar-refractivity contribution in [3.8, 4) is 5.75 Å². The van der Waals surface area contributed by atoms with Gasteiger partial charge in [-0.3, -0.25) is 0 Å². The zero-order valence-electron chi connectivity index (χ0n) is 11.6. The largest absolute Gasteiger partial charge is 0.491 e. The van der Waals surface area contributed by atoms with Crippen LogP contribution in [0.5, 0.6) is 5.75 Å². The van der Waals surface area contributed by atoms with Gasteiger partial charge in [-0.25, -0.2) is 14.4 Å². The average molecular weight is 276 g/mol. The van der Waals surface area contributed by atoms with Gasteiger partial charge in [-0.1, -0.05) is 12.1 Å². The van der Waals surface area contributed by atoms with Crippen molar-refractivity contribution in [2.24, 2.45) is 0 Å². The molecule has 0 aliphatic rings. The van der Waals surface area contributed by atoms with Crippen LogP contribution in [0.2, 0.25) is 0 Å². The van der Waals surface area contributed by atoms with Gasteiger partial charge in [0, 0.05) is 13.5 Å². The molecule has 0 fully saturated rings. The molecule has 2 aromatic rings. The minimum absolute atomic E-state index is 0.370. The van der Waals surface area contributed by atoms with E-state index in [0.717, 1.165) is 11.3 Å². The van der Waals surface area contributed by atoms with Gasteiger partial charge in [-0.05, 0) is 24.6 Å². The number of nitrogens with zero attached hydrogens (tertiary/aromatic N) is 2. The summed E-state index contributed by atoms with van der Waals surface area (Å²) < 4.78 is 23.5. The molecule has 0 atom stereocenters. The summed E-state index contributed by atoms with van der Waals surface area (Å²) in [5, 5.41) is 0. The molecule has 0 bridgehead atoms. The van der Waals surface area contributed by atoms with Gasteiger partial charge in [-0.2, -0.15) is 0 Å². The lowest BCUT2D eigenvalue weighted by Crippen LogP contribution is -2.04. The second-order valence-corrected chi connectivity index (χ2v) is 4.38. The number of benzene rings is 1. The topological polar surface area (TPSA) is 44.2 Å².